The van der Waals surface area contributed by atoms with Gasteiger partial charge in [-0.25, -0.2) is 0 Å². The van der Waals surface area contributed by atoms with Gasteiger partial charge in [0.15, 0.2) is 0 Å². The third-order valence-corrected chi connectivity index (χ3v) is 5.33. The molecule has 0 unspecified atom stereocenters. The van der Waals surface area contributed by atoms with Crippen molar-refractivity contribution in [2.24, 2.45) is 0 Å². The molecule has 0 aromatic rings. The molecule has 0 radical (unpaired) electrons. The molecule has 0 nitrogen and oxygen atoms in total. The molecule has 0 rings (SSSR count). The number of rotatable bonds is 9. The molecule has 0 aliphatic rings. The molecule has 0 saturated carbocycles. The van der Waals surface area contributed by atoms with Gasteiger partial charge in [-0.1, -0.05) is 40.0 Å². The Balaban J connectivity index is 0. The topological polar surface area (TPSA) is 0 Å². The second-order valence-corrected chi connectivity index (χ2v) is 8.26. The van der Waals surface area contributed by atoms with E-state index in [-0.39, 0.29) is 0 Å². The van der Waals surface area contributed by atoms with E-state index in [0.29, 0.717) is 20.6 Å². The van der Waals surface area contributed by atoms with Crippen molar-refractivity contribution in [1.82, 2.24) is 0 Å². The molecule has 0 saturated heterocycles. The zero-order chi connectivity index (χ0) is 12.6. The van der Waals surface area contributed by atoms with Gasteiger partial charge in [0, 0.05) is 0 Å². The Morgan fingerprint density at radius 2 is 1.00 bits per heavy atom. The number of unbranched alkanes of at least 4 members (excludes halogenated alkanes) is 3. The van der Waals surface area contributed by atoms with Gasteiger partial charge in [-0.05, 0) is 37.7 Å². The minimum absolute atomic E-state index is 0.422. The fourth-order valence-corrected chi connectivity index (χ4v) is 4.44. The summed E-state index contributed by atoms with van der Waals surface area (Å²) in [4.78, 5) is 0. The molecule has 0 amide bonds. The van der Waals surface area contributed by atoms with Crippen LogP contribution in [0, 0.1) is 0 Å². The van der Waals surface area contributed by atoms with Crippen LogP contribution >= 0.6 is 28.3 Å². The summed E-state index contributed by atoms with van der Waals surface area (Å²) in [5, 5.41) is 0. The van der Waals surface area contributed by atoms with E-state index in [1.165, 1.54) is 38.5 Å². The van der Waals surface area contributed by atoms with Crippen molar-refractivity contribution in [3.05, 3.63) is 0 Å². The molecule has 0 aliphatic heterocycles. The van der Waals surface area contributed by atoms with Gasteiger partial charge in [0.25, 0.3) is 0 Å². The van der Waals surface area contributed by atoms with Crippen LogP contribution in [0.3, 0.4) is 0 Å². The maximum atomic E-state index is 4.70. The van der Waals surface area contributed by atoms with Gasteiger partial charge in [0.05, 0.1) is 0 Å². The van der Waals surface area contributed by atoms with E-state index in [1.54, 1.807) is 18.5 Å². The van der Waals surface area contributed by atoms with Crippen molar-refractivity contribution >= 4 is 28.3 Å². The SMILES string of the molecule is CCCCP(CCCC)CCCC.[Cl][Ni][Cl]. The number of hydrogen-bond acceptors (Lipinski definition) is 0. The van der Waals surface area contributed by atoms with Crippen LogP contribution in [-0.2, 0) is 12.7 Å². The zero-order valence-corrected chi connectivity index (χ0v) is 14.3. The molecular weight excluding hydrogens is 305 g/mol. The van der Waals surface area contributed by atoms with E-state index >= 15 is 0 Å². The zero-order valence-electron chi connectivity index (χ0n) is 10.9. The average Bonchev–Trinajstić information content (AvgIpc) is 2.29. The first-order valence-electron chi connectivity index (χ1n) is 6.31. The second-order valence-electron chi connectivity index (χ2n) is 3.95. The van der Waals surface area contributed by atoms with Crippen LogP contribution < -0.4 is 0 Å². The number of hydrogen-bond donors (Lipinski definition) is 0. The molecule has 104 valence electrons. The predicted octanol–water partition coefficient (Wildman–Crippen LogP) is 6.25. The van der Waals surface area contributed by atoms with Crippen molar-refractivity contribution in [2.75, 3.05) is 18.5 Å². The summed E-state index contributed by atoms with van der Waals surface area (Å²) >= 11 is 0.569. The van der Waals surface area contributed by atoms with Crippen LogP contribution in [0.5, 0.6) is 0 Å². The van der Waals surface area contributed by atoms with E-state index < -0.39 is 0 Å². The Kier molecular flexibility index (Phi) is 23.4. The van der Waals surface area contributed by atoms with Crippen LogP contribution in [0.2, 0.25) is 0 Å². The summed E-state index contributed by atoms with van der Waals surface area (Å²) in [5.41, 5.74) is 0. The fourth-order valence-electron chi connectivity index (χ4n) is 1.48. The molecule has 0 fully saturated rings. The van der Waals surface area contributed by atoms with Crippen molar-refractivity contribution in [2.45, 2.75) is 59.3 Å². The molecule has 0 aromatic carbocycles. The average molecular weight is 332 g/mol. The Labute approximate surface area is 118 Å². The molecule has 0 aliphatic carbocycles. The fraction of sp³-hybridized carbons (Fsp3) is 1.00. The Hall–Kier alpha value is 1.50. The Morgan fingerprint density at radius 3 is 1.19 bits per heavy atom. The van der Waals surface area contributed by atoms with E-state index in [2.05, 4.69) is 20.8 Å². The molecular formula is C12H27Cl2NiP. The Bertz CT molecular complexity index is 96.2. The van der Waals surface area contributed by atoms with Crippen molar-refractivity contribution in [1.29, 1.82) is 0 Å². The molecule has 0 atom stereocenters. The molecule has 0 heterocycles. The van der Waals surface area contributed by atoms with Gasteiger partial charge in [-0.2, -0.15) is 0 Å². The summed E-state index contributed by atoms with van der Waals surface area (Å²) in [6, 6.07) is 0. The third-order valence-electron chi connectivity index (χ3n) is 2.48. The number of halogens is 2. The molecule has 0 spiro atoms. The van der Waals surface area contributed by atoms with Crippen LogP contribution in [-0.4, -0.2) is 18.5 Å². The molecule has 0 aromatic heterocycles. The van der Waals surface area contributed by atoms with Crippen LogP contribution in [0.4, 0.5) is 0 Å². The minimum atomic E-state index is 0.422. The van der Waals surface area contributed by atoms with Gasteiger partial charge in [-0.15, -0.1) is 7.92 Å². The second kappa shape index (κ2) is 18.9. The standard InChI is InChI=1S/C12H27P.2ClH.Ni/c1-4-7-10-13(11-8-5-2)12-9-6-3;;;/h4-12H2,1-3H3;2*1H;/q;;;+2/p-2. The van der Waals surface area contributed by atoms with Crippen molar-refractivity contribution in [3.63, 3.8) is 0 Å². The van der Waals surface area contributed by atoms with E-state index in [0.717, 1.165) is 0 Å². The van der Waals surface area contributed by atoms with E-state index in [9.17, 15) is 0 Å². The summed E-state index contributed by atoms with van der Waals surface area (Å²) < 4.78 is 0. The first-order valence-corrected chi connectivity index (χ1v) is 10.9. The first kappa shape index (κ1) is 19.8. The molecule has 0 N–H and O–H groups in total. The van der Waals surface area contributed by atoms with Crippen molar-refractivity contribution in [3.8, 4) is 0 Å². The van der Waals surface area contributed by atoms with E-state index in [1.807, 2.05) is 0 Å². The molecule has 4 heteroatoms. The van der Waals surface area contributed by atoms with Gasteiger partial charge < -0.3 is 0 Å². The van der Waals surface area contributed by atoms with Crippen LogP contribution in [0.25, 0.3) is 0 Å². The van der Waals surface area contributed by atoms with Gasteiger partial charge in [0.1, 0.15) is 0 Å². The molecule has 16 heavy (non-hydrogen) atoms. The van der Waals surface area contributed by atoms with Crippen LogP contribution in [0.1, 0.15) is 59.3 Å². The molecule has 0 bridgehead atoms. The van der Waals surface area contributed by atoms with Crippen LogP contribution in [0.15, 0.2) is 0 Å². The third kappa shape index (κ3) is 17.9. The monoisotopic (exact) mass is 330 g/mol. The summed E-state index contributed by atoms with van der Waals surface area (Å²) in [6.45, 7) is 6.94. The summed E-state index contributed by atoms with van der Waals surface area (Å²) in [7, 11) is 9.82. The predicted molar refractivity (Wildman–Crippen MR) is 78.0 cm³/mol. The van der Waals surface area contributed by atoms with Gasteiger partial charge in [-0.3, -0.25) is 0 Å². The Morgan fingerprint density at radius 1 is 0.750 bits per heavy atom. The summed E-state index contributed by atoms with van der Waals surface area (Å²) in [5.74, 6) is 0. The quantitative estimate of drug-likeness (QED) is 0.346. The maximum absolute atomic E-state index is 4.70. The van der Waals surface area contributed by atoms with Gasteiger partial charge in [0.2, 0.25) is 0 Å². The van der Waals surface area contributed by atoms with E-state index in [4.69, 9.17) is 20.4 Å². The first-order chi connectivity index (χ1) is 7.76. The van der Waals surface area contributed by atoms with Gasteiger partial charge >= 0.3 is 33.0 Å². The van der Waals surface area contributed by atoms with Crippen molar-refractivity contribution < 1.29 is 12.7 Å². The normalized spacial score (nSPS) is 10.4. The summed E-state index contributed by atoms with van der Waals surface area (Å²) in [6.07, 6.45) is 13.2.